The van der Waals surface area contributed by atoms with Gasteiger partial charge in [0.05, 0.1) is 5.88 Å². The number of hydrogen-bond donors (Lipinski definition) is 0. The van der Waals surface area contributed by atoms with Crippen molar-refractivity contribution in [2.24, 2.45) is 5.92 Å². The highest BCUT2D eigenvalue weighted by Crippen LogP contribution is 2.19. The lowest BCUT2D eigenvalue weighted by Crippen LogP contribution is -2.37. The van der Waals surface area contributed by atoms with E-state index in [4.69, 9.17) is 16.0 Å². The zero-order chi connectivity index (χ0) is 11.5. The van der Waals surface area contributed by atoms with Crippen molar-refractivity contribution in [2.45, 2.75) is 25.6 Å². The maximum Gasteiger partial charge on any atom is 0.289 e. The third-order valence-corrected chi connectivity index (χ3v) is 3.34. The minimum Gasteiger partial charge on any atom is -0.455 e. The van der Waals surface area contributed by atoms with E-state index in [9.17, 15) is 4.79 Å². The van der Waals surface area contributed by atoms with Crippen molar-refractivity contribution in [3.05, 3.63) is 23.7 Å². The number of piperidine rings is 1. The summed E-state index contributed by atoms with van der Waals surface area (Å²) in [7, 11) is 0. The number of nitrogens with zero attached hydrogens (tertiary/aromatic N) is 1. The standard InChI is InChI=1S/C12H16ClNO2/c1-9-4-6-14(7-5-9)12(15)11-3-2-10(8-13)16-11/h2-3,9H,4-8H2,1H3. The number of amides is 1. The zero-order valence-corrected chi connectivity index (χ0v) is 10.2. The maximum atomic E-state index is 12.0. The van der Waals surface area contributed by atoms with Crippen LogP contribution in [-0.4, -0.2) is 23.9 Å². The number of alkyl halides is 1. The van der Waals surface area contributed by atoms with Crippen LogP contribution in [0.5, 0.6) is 0 Å². The molecule has 0 saturated carbocycles. The number of furan rings is 1. The first-order valence-corrected chi connectivity index (χ1v) is 6.18. The summed E-state index contributed by atoms with van der Waals surface area (Å²) in [5.41, 5.74) is 0. The summed E-state index contributed by atoms with van der Waals surface area (Å²) in [5.74, 6) is 2.08. The van der Waals surface area contributed by atoms with E-state index in [2.05, 4.69) is 6.92 Å². The summed E-state index contributed by atoms with van der Waals surface area (Å²) in [4.78, 5) is 13.9. The third-order valence-electron chi connectivity index (χ3n) is 3.07. The summed E-state index contributed by atoms with van der Waals surface area (Å²) >= 11 is 5.63. The van der Waals surface area contributed by atoms with Gasteiger partial charge in [-0.1, -0.05) is 6.92 Å². The van der Waals surface area contributed by atoms with Gasteiger partial charge in [-0.2, -0.15) is 0 Å². The summed E-state index contributed by atoms with van der Waals surface area (Å²) in [6, 6.07) is 3.46. The van der Waals surface area contributed by atoms with Gasteiger partial charge in [0.1, 0.15) is 5.76 Å². The van der Waals surface area contributed by atoms with Crippen molar-refractivity contribution < 1.29 is 9.21 Å². The highest BCUT2D eigenvalue weighted by molar-refractivity contribution is 6.16. The average molecular weight is 242 g/mol. The van der Waals surface area contributed by atoms with E-state index in [0.29, 0.717) is 17.4 Å². The molecule has 1 fully saturated rings. The molecule has 0 radical (unpaired) electrons. The lowest BCUT2D eigenvalue weighted by atomic mass is 9.99. The predicted molar refractivity (Wildman–Crippen MR) is 62.6 cm³/mol. The van der Waals surface area contributed by atoms with Gasteiger partial charge < -0.3 is 9.32 Å². The Morgan fingerprint density at radius 2 is 2.19 bits per heavy atom. The molecular formula is C12H16ClNO2. The van der Waals surface area contributed by atoms with Crippen LogP contribution in [0.15, 0.2) is 16.5 Å². The van der Waals surface area contributed by atoms with E-state index in [1.54, 1.807) is 12.1 Å². The van der Waals surface area contributed by atoms with Crippen molar-refractivity contribution >= 4 is 17.5 Å². The predicted octanol–water partition coefficient (Wildman–Crippen LogP) is 2.89. The SMILES string of the molecule is CC1CCN(C(=O)c2ccc(CCl)o2)CC1. The van der Waals surface area contributed by atoms with Gasteiger partial charge in [-0.25, -0.2) is 0 Å². The average Bonchev–Trinajstić information content (AvgIpc) is 2.77. The van der Waals surface area contributed by atoms with Crippen LogP contribution >= 0.6 is 11.6 Å². The van der Waals surface area contributed by atoms with Gasteiger partial charge in [-0.15, -0.1) is 11.6 Å². The fraction of sp³-hybridized carbons (Fsp3) is 0.583. The van der Waals surface area contributed by atoms with Gasteiger partial charge in [-0.3, -0.25) is 4.79 Å². The molecule has 3 nitrogen and oxygen atoms in total. The van der Waals surface area contributed by atoms with Crippen LogP contribution in [0, 0.1) is 5.92 Å². The molecule has 1 aliphatic heterocycles. The normalized spacial score (nSPS) is 17.8. The molecule has 16 heavy (non-hydrogen) atoms. The molecule has 0 atom stereocenters. The number of rotatable bonds is 2. The molecule has 0 unspecified atom stereocenters. The highest BCUT2D eigenvalue weighted by Gasteiger charge is 2.23. The first-order chi connectivity index (χ1) is 7.70. The molecule has 0 bridgehead atoms. The Bertz CT molecular complexity index is 367. The summed E-state index contributed by atoms with van der Waals surface area (Å²) < 4.78 is 5.35. The lowest BCUT2D eigenvalue weighted by Gasteiger charge is -2.29. The second kappa shape index (κ2) is 4.91. The van der Waals surface area contributed by atoms with Gasteiger partial charge in [-0.05, 0) is 30.9 Å². The zero-order valence-electron chi connectivity index (χ0n) is 9.41. The molecule has 0 aromatic carbocycles. The van der Waals surface area contributed by atoms with Crippen LogP contribution in [0.3, 0.4) is 0 Å². The van der Waals surface area contributed by atoms with Crippen LogP contribution in [-0.2, 0) is 5.88 Å². The molecule has 1 aromatic rings. The van der Waals surface area contributed by atoms with Gasteiger partial charge >= 0.3 is 0 Å². The van der Waals surface area contributed by atoms with Crippen LogP contribution in [0.25, 0.3) is 0 Å². The number of carbonyl (C=O) groups excluding carboxylic acids is 1. The van der Waals surface area contributed by atoms with Crippen molar-refractivity contribution in [2.75, 3.05) is 13.1 Å². The van der Waals surface area contributed by atoms with Gasteiger partial charge in [0.2, 0.25) is 0 Å². The molecule has 4 heteroatoms. The lowest BCUT2D eigenvalue weighted by molar-refractivity contribution is 0.0663. The Balaban J connectivity index is 2.01. The van der Waals surface area contributed by atoms with Crippen LogP contribution in [0.2, 0.25) is 0 Å². The smallest absolute Gasteiger partial charge is 0.289 e. The molecule has 0 N–H and O–H groups in total. The molecule has 2 rings (SSSR count). The third kappa shape index (κ3) is 2.40. The van der Waals surface area contributed by atoms with Crippen molar-refractivity contribution in [1.29, 1.82) is 0 Å². The van der Waals surface area contributed by atoms with Crippen molar-refractivity contribution in [1.82, 2.24) is 4.90 Å². The maximum absolute atomic E-state index is 12.0. The number of hydrogen-bond acceptors (Lipinski definition) is 2. The van der Waals surface area contributed by atoms with Crippen molar-refractivity contribution in [3.8, 4) is 0 Å². The quantitative estimate of drug-likeness (QED) is 0.746. The molecule has 1 aromatic heterocycles. The molecule has 1 saturated heterocycles. The number of likely N-dealkylation sites (tertiary alicyclic amines) is 1. The molecular weight excluding hydrogens is 226 g/mol. The molecule has 88 valence electrons. The van der Waals surface area contributed by atoms with Gasteiger partial charge in [0.15, 0.2) is 5.76 Å². The monoisotopic (exact) mass is 241 g/mol. The fourth-order valence-electron chi connectivity index (χ4n) is 1.93. The number of carbonyl (C=O) groups is 1. The summed E-state index contributed by atoms with van der Waals surface area (Å²) in [6.45, 7) is 3.88. The first kappa shape index (κ1) is 11.5. The van der Waals surface area contributed by atoms with Crippen LogP contribution in [0.4, 0.5) is 0 Å². The minimum absolute atomic E-state index is 0.0109. The van der Waals surface area contributed by atoms with E-state index in [0.717, 1.165) is 31.8 Å². The number of halogens is 1. The van der Waals surface area contributed by atoms with Crippen molar-refractivity contribution in [3.63, 3.8) is 0 Å². The molecule has 0 aliphatic carbocycles. The molecule has 1 aliphatic rings. The first-order valence-electron chi connectivity index (χ1n) is 5.64. The molecule has 0 spiro atoms. The van der Waals surface area contributed by atoms with E-state index in [1.807, 2.05) is 4.90 Å². The van der Waals surface area contributed by atoms with Gasteiger partial charge in [0.25, 0.3) is 5.91 Å². The van der Waals surface area contributed by atoms with E-state index >= 15 is 0 Å². The van der Waals surface area contributed by atoms with E-state index in [-0.39, 0.29) is 5.91 Å². The van der Waals surface area contributed by atoms with Crippen LogP contribution < -0.4 is 0 Å². The summed E-state index contributed by atoms with van der Waals surface area (Å²) in [6.07, 6.45) is 2.16. The topological polar surface area (TPSA) is 33.5 Å². The Morgan fingerprint density at radius 1 is 1.50 bits per heavy atom. The largest absolute Gasteiger partial charge is 0.455 e. The van der Waals surface area contributed by atoms with Gasteiger partial charge in [0, 0.05) is 13.1 Å². The Labute approximate surface area is 100 Å². The second-order valence-corrected chi connectivity index (χ2v) is 4.64. The summed E-state index contributed by atoms with van der Waals surface area (Å²) in [5, 5.41) is 0. The van der Waals surface area contributed by atoms with E-state index < -0.39 is 0 Å². The highest BCUT2D eigenvalue weighted by atomic mass is 35.5. The molecule has 2 heterocycles. The molecule has 1 amide bonds. The van der Waals surface area contributed by atoms with E-state index in [1.165, 1.54) is 0 Å². The fourth-order valence-corrected chi connectivity index (χ4v) is 2.08. The Hall–Kier alpha value is -0.960. The minimum atomic E-state index is -0.0109. The Morgan fingerprint density at radius 3 is 2.75 bits per heavy atom. The Kier molecular flexibility index (Phi) is 3.54. The van der Waals surface area contributed by atoms with Crippen LogP contribution in [0.1, 0.15) is 36.1 Å². The second-order valence-electron chi connectivity index (χ2n) is 4.37.